The molecular weight excluding hydrogens is 422 g/mol. The minimum absolute atomic E-state index is 0.289. The molecule has 17 heavy (non-hydrogen) atoms. The van der Waals surface area contributed by atoms with Gasteiger partial charge in [-0.3, -0.25) is 9.59 Å². The van der Waals surface area contributed by atoms with E-state index in [9.17, 15) is 14.7 Å². The van der Waals surface area contributed by atoms with Crippen LogP contribution >= 0.6 is 47.8 Å². The number of halogens is 3. The number of hydrogen-bond donors (Lipinski definition) is 2. The van der Waals surface area contributed by atoms with Crippen molar-refractivity contribution in [3.63, 3.8) is 0 Å². The Morgan fingerprint density at radius 3 is 2.35 bits per heavy atom. The van der Waals surface area contributed by atoms with Crippen LogP contribution in [0.3, 0.4) is 0 Å². The Morgan fingerprint density at radius 1 is 1.06 bits per heavy atom. The van der Waals surface area contributed by atoms with Crippen molar-refractivity contribution < 1.29 is 5.11 Å². The fourth-order valence-corrected chi connectivity index (χ4v) is 3.01. The largest absolute Gasteiger partial charge is 0.503 e. The van der Waals surface area contributed by atoms with Gasteiger partial charge in [0, 0.05) is 19.5 Å². The molecule has 4 nitrogen and oxygen atoms in total. The summed E-state index contributed by atoms with van der Waals surface area (Å²) in [5, 5.41) is 9.61. The number of aromatic hydroxyl groups is 1. The van der Waals surface area contributed by atoms with Gasteiger partial charge in [0.05, 0.1) is 10.9 Å². The van der Waals surface area contributed by atoms with Crippen molar-refractivity contribution in [1.29, 1.82) is 0 Å². The molecule has 0 atom stereocenters. The minimum Gasteiger partial charge on any atom is -0.503 e. The predicted molar refractivity (Wildman–Crippen MR) is 75.6 cm³/mol. The number of benzene rings is 1. The number of hydrogen-bond acceptors (Lipinski definition) is 3. The molecule has 88 valence electrons. The molecule has 0 aliphatic carbocycles. The van der Waals surface area contributed by atoms with E-state index in [0.717, 1.165) is 6.07 Å². The Hall–Kier alpha value is -0.660. The maximum Gasteiger partial charge on any atom is 0.290 e. The van der Waals surface area contributed by atoms with Crippen LogP contribution in [0, 0.1) is 0 Å². The number of rotatable bonds is 0. The summed E-state index contributed by atoms with van der Waals surface area (Å²) in [7, 11) is 0. The van der Waals surface area contributed by atoms with E-state index in [1.807, 2.05) is 0 Å². The van der Waals surface area contributed by atoms with Crippen molar-refractivity contribution in [2.75, 3.05) is 0 Å². The molecule has 0 radical (unpaired) electrons. The van der Waals surface area contributed by atoms with Gasteiger partial charge < -0.3 is 10.1 Å². The van der Waals surface area contributed by atoms with Crippen LogP contribution < -0.4 is 11.0 Å². The van der Waals surface area contributed by atoms with Crippen LogP contribution in [-0.2, 0) is 0 Å². The number of nitrogens with one attached hydrogen (secondary N) is 1. The normalized spacial score (nSPS) is 10.8. The molecule has 2 N–H and O–H groups in total. The van der Waals surface area contributed by atoms with Crippen LogP contribution in [0.2, 0.25) is 0 Å². The molecule has 2 aromatic rings. The highest BCUT2D eigenvalue weighted by atomic mass is 79.9. The first-order chi connectivity index (χ1) is 7.91. The molecule has 0 unspecified atom stereocenters. The summed E-state index contributed by atoms with van der Waals surface area (Å²) in [6.07, 6.45) is 0. The lowest BCUT2D eigenvalue weighted by Gasteiger charge is -2.01. The summed E-state index contributed by atoms with van der Waals surface area (Å²) in [6.45, 7) is 0. The molecule has 0 amide bonds. The number of fused-ring (bicyclic) bond motifs is 1. The van der Waals surface area contributed by atoms with E-state index >= 15 is 0 Å². The van der Waals surface area contributed by atoms with Gasteiger partial charge in [0.25, 0.3) is 5.56 Å². The highest BCUT2D eigenvalue weighted by Gasteiger charge is 2.11. The molecule has 1 heterocycles. The summed E-state index contributed by atoms with van der Waals surface area (Å²) >= 11 is 9.86. The van der Waals surface area contributed by atoms with Gasteiger partial charge in [-0.25, -0.2) is 0 Å². The fourth-order valence-electron chi connectivity index (χ4n) is 1.38. The molecule has 1 aromatic carbocycles. The summed E-state index contributed by atoms with van der Waals surface area (Å²) in [5.74, 6) is -0.606. The van der Waals surface area contributed by atoms with Gasteiger partial charge in [-0.2, -0.15) is 0 Å². The highest BCUT2D eigenvalue weighted by Crippen LogP contribution is 2.35. The molecule has 2 rings (SSSR count). The Balaban J connectivity index is 3.20. The second-order valence-electron chi connectivity index (χ2n) is 3.26. The molecule has 0 aliphatic rings. The molecule has 0 saturated carbocycles. The van der Waals surface area contributed by atoms with E-state index in [1.54, 1.807) is 6.07 Å². The third kappa shape index (κ3) is 2.19. The summed E-state index contributed by atoms with van der Waals surface area (Å²) in [6, 6.07) is 2.48. The average Bonchev–Trinajstić information content (AvgIpc) is 2.34. The standard InChI is InChI=1S/C10H4Br3NO3/c11-3-1-4-7(9(13)8(3)12)5(15)2-6(16)10(17)14-4/h1-2,16H,(H,14,17). The predicted octanol–water partition coefficient (Wildman–Crippen LogP) is 2.88. The van der Waals surface area contributed by atoms with Crippen molar-refractivity contribution >= 4 is 58.7 Å². The van der Waals surface area contributed by atoms with Crippen molar-refractivity contribution in [2.24, 2.45) is 0 Å². The first-order valence-corrected chi connectivity index (χ1v) is 6.73. The lowest BCUT2D eigenvalue weighted by Crippen LogP contribution is -2.00. The molecule has 0 spiro atoms. The Morgan fingerprint density at radius 2 is 1.71 bits per heavy atom. The summed E-state index contributed by atoms with van der Waals surface area (Å²) < 4.78 is 1.85. The van der Waals surface area contributed by atoms with E-state index in [1.165, 1.54) is 0 Å². The van der Waals surface area contributed by atoms with Crippen LogP contribution in [0.5, 0.6) is 5.75 Å². The number of aromatic nitrogens is 1. The van der Waals surface area contributed by atoms with Gasteiger partial charge in [0.15, 0.2) is 11.2 Å². The molecule has 0 saturated heterocycles. The first-order valence-electron chi connectivity index (χ1n) is 4.35. The maximum atomic E-state index is 11.9. The van der Waals surface area contributed by atoms with Crippen molar-refractivity contribution in [3.8, 4) is 5.75 Å². The van der Waals surface area contributed by atoms with Gasteiger partial charge in [0.1, 0.15) is 0 Å². The van der Waals surface area contributed by atoms with Crippen molar-refractivity contribution in [3.05, 3.63) is 46.1 Å². The molecule has 1 aromatic heterocycles. The maximum absolute atomic E-state index is 11.9. The van der Waals surface area contributed by atoms with E-state index in [4.69, 9.17) is 0 Å². The quantitative estimate of drug-likeness (QED) is 0.638. The van der Waals surface area contributed by atoms with Crippen molar-refractivity contribution in [1.82, 2.24) is 4.98 Å². The Bertz CT molecular complexity index is 739. The fraction of sp³-hybridized carbons (Fsp3) is 0. The third-order valence-electron chi connectivity index (χ3n) is 2.16. The lowest BCUT2D eigenvalue weighted by atomic mass is 10.2. The van der Waals surface area contributed by atoms with E-state index in [2.05, 4.69) is 52.8 Å². The van der Waals surface area contributed by atoms with E-state index in [-0.39, 0.29) is 5.39 Å². The molecule has 0 aliphatic heterocycles. The van der Waals surface area contributed by atoms with Gasteiger partial charge in [-0.1, -0.05) is 0 Å². The molecule has 0 fully saturated rings. The van der Waals surface area contributed by atoms with Crippen LogP contribution in [-0.4, -0.2) is 10.1 Å². The average molecular weight is 426 g/mol. The second-order valence-corrected chi connectivity index (χ2v) is 5.70. The minimum atomic E-state index is -0.710. The zero-order valence-electron chi connectivity index (χ0n) is 8.05. The second kappa shape index (κ2) is 4.55. The topological polar surface area (TPSA) is 70.2 Å². The molecular formula is C10H4Br3NO3. The molecule has 0 bridgehead atoms. The van der Waals surface area contributed by atoms with Crippen LogP contribution in [0.4, 0.5) is 0 Å². The van der Waals surface area contributed by atoms with Crippen LogP contribution in [0.25, 0.3) is 10.9 Å². The zero-order chi connectivity index (χ0) is 12.7. The SMILES string of the molecule is O=c1[nH]c2cc(Br)c(Br)c(Br)c2c(=O)cc1O. The lowest BCUT2D eigenvalue weighted by molar-refractivity contribution is 0.468. The smallest absolute Gasteiger partial charge is 0.290 e. The van der Waals surface area contributed by atoms with Crippen LogP contribution in [0.15, 0.2) is 35.1 Å². The first kappa shape index (κ1) is 12.8. The van der Waals surface area contributed by atoms with Gasteiger partial charge in [0.2, 0.25) is 0 Å². The van der Waals surface area contributed by atoms with Crippen molar-refractivity contribution in [2.45, 2.75) is 0 Å². The van der Waals surface area contributed by atoms with Gasteiger partial charge in [-0.15, -0.1) is 0 Å². The Kier molecular flexibility index (Phi) is 3.42. The number of aromatic amines is 1. The highest BCUT2D eigenvalue weighted by molar-refractivity contribution is 9.14. The van der Waals surface area contributed by atoms with Gasteiger partial charge >= 0.3 is 0 Å². The third-order valence-corrected chi connectivity index (χ3v) is 5.46. The summed E-state index contributed by atoms with van der Waals surface area (Å²) in [4.78, 5) is 25.7. The van der Waals surface area contributed by atoms with Gasteiger partial charge in [-0.05, 0) is 53.9 Å². The Labute approximate surface area is 120 Å². The molecule has 7 heteroatoms. The van der Waals surface area contributed by atoms with E-state index in [0.29, 0.717) is 18.9 Å². The number of H-pyrrole nitrogens is 1. The van der Waals surface area contributed by atoms with E-state index < -0.39 is 16.7 Å². The summed E-state index contributed by atoms with van der Waals surface area (Å²) in [5.41, 5.74) is -0.823. The van der Waals surface area contributed by atoms with Crippen LogP contribution in [0.1, 0.15) is 0 Å². The monoisotopic (exact) mass is 423 g/mol. The zero-order valence-corrected chi connectivity index (χ0v) is 12.8.